The molecule has 1 aliphatic heterocycles. The molecule has 0 amide bonds. The fourth-order valence-electron chi connectivity index (χ4n) is 2.38. The normalized spacial score (nSPS) is 17.3. The number of nitrogens with zero attached hydrogens (tertiary/aromatic N) is 3. The van der Waals surface area contributed by atoms with Gasteiger partial charge >= 0.3 is 0 Å². The zero-order valence-corrected chi connectivity index (χ0v) is 14.3. The van der Waals surface area contributed by atoms with Crippen molar-refractivity contribution in [3.05, 3.63) is 16.7 Å². The first kappa shape index (κ1) is 16.2. The Morgan fingerprint density at radius 2 is 2.18 bits per heavy atom. The molecule has 0 atom stereocenters. The van der Waals surface area contributed by atoms with Crippen LogP contribution in [0.4, 0.5) is 0 Å². The summed E-state index contributed by atoms with van der Waals surface area (Å²) in [5, 5.41) is 1.79. The number of aromatic nitrogens is 2. The van der Waals surface area contributed by atoms with E-state index in [1.165, 1.54) is 15.7 Å². The number of rotatable bonds is 6. The molecule has 22 heavy (non-hydrogen) atoms. The molecule has 1 fully saturated rings. The monoisotopic (exact) mass is 364 g/mol. The van der Waals surface area contributed by atoms with Gasteiger partial charge in [0.2, 0.25) is 0 Å². The van der Waals surface area contributed by atoms with E-state index in [4.69, 9.17) is 16.3 Å². The van der Waals surface area contributed by atoms with Gasteiger partial charge in [0.1, 0.15) is 0 Å². The maximum absolute atomic E-state index is 12.4. The zero-order valence-electron chi connectivity index (χ0n) is 11.9. The van der Waals surface area contributed by atoms with Gasteiger partial charge in [-0.2, -0.15) is 0 Å². The van der Waals surface area contributed by atoms with Crippen LogP contribution in [-0.4, -0.2) is 62.1 Å². The Morgan fingerprint density at radius 1 is 1.41 bits per heavy atom. The molecule has 0 radical (unpaired) electrons. The molecular weight excluding hydrogens is 348 g/mol. The highest BCUT2D eigenvalue weighted by atomic mass is 35.5. The van der Waals surface area contributed by atoms with Gasteiger partial charge in [0, 0.05) is 31.2 Å². The number of halogens is 1. The lowest BCUT2D eigenvalue weighted by Gasteiger charge is -2.26. The highest BCUT2D eigenvalue weighted by Crippen LogP contribution is 2.25. The molecule has 122 valence electrons. The Morgan fingerprint density at radius 3 is 2.95 bits per heavy atom. The summed E-state index contributed by atoms with van der Waals surface area (Å²) in [7, 11) is -3.67. The van der Waals surface area contributed by atoms with Crippen LogP contribution in [0.2, 0.25) is 5.15 Å². The molecule has 3 rings (SSSR count). The summed E-state index contributed by atoms with van der Waals surface area (Å²) in [5.41, 5.74) is 0. The number of morpholine rings is 1. The molecule has 0 aliphatic carbocycles. The maximum atomic E-state index is 12.4. The quantitative estimate of drug-likeness (QED) is 0.775. The van der Waals surface area contributed by atoms with Crippen LogP contribution in [0.1, 0.15) is 6.42 Å². The predicted molar refractivity (Wildman–Crippen MR) is 85.1 cm³/mol. The van der Waals surface area contributed by atoms with Crippen LogP contribution in [-0.2, 0) is 14.8 Å². The van der Waals surface area contributed by atoms with Crippen LogP contribution in [0.5, 0.6) is 0 Å². The van der Waals surface area contributed by atoms with Gasteiger partial charge in [0.05, 0.1) is 13.2 Å². The van der Waals surface area contributed by atoms with E-state index in [2.05, 4.69) is 14.6 Å². The van der Waals surface area contributed by atoms with Crippen molar-refractivity contribution in [2.45, 2.75) is 11.4 Å². The lowest BCUT2D eigenvalue weighted by Crippen LogP contribution is -2.38. The van der Waals surface area contributed by atoms with Crippen LogP contribution < -0.4 is 4.72 Å². The van der Waals surface area contributed by atoms with Crippen molar-refractivity contribution in [3.63, 3.8) is 0 Å². The molecule has 0 saturated carbocycles. The first-order valence-electron chi connectivity index (χ1n) is 6.99. The predicted octanol–water partition coefficient (Wildman–Crippen LogP) is 1.05. The summed E-state index contributed by atoms with van der Waals surface area (Å²) in [6.45, 7) is 4.50. The third-order valence-electron chi connectivity index (χ3n) is 3.48. The second kappa shape index (κ2) is 6.81. The number of nitrogens with one attached hydrogen (secondary N) is 1. The van der Waals surface area contributed by atoms with Gasteiger partial charge < -0.3 is 4.74 Å². The smallest absolute Gasteiger partial charge is 0.259 e. The van der Waals surface area contributed by atoms with E-state index in [1.807, 2.05) is 0 Å². The standard InChI is InChI=1S/C12H17ClN4O3S2/c13-10-11(17-6-9-21-12(17)15-10)22(18,19)14-2-1-3-16-4-7-20-8-5-16/h6,9,14H,1-5,7-8H2. The SMILES string of the molecule is O=S(=O)(NCCCN1CCOCC1)c1c(Cl)nc2sccn12. The minimum absolute atomic E-state index is 0.00697. The van der Waals surface area contributed by atoms with E-state index in [-0.39, 0.29) is 10.2 Å². The van der Waals surface area contributed by atoms with Crippen molar-refractivity contribution in [2.24, 2.45) is 0 Å². The molecule has 0 aromatic carbocycles. The fraction of sp³-hybridized carbons (Fsp3) is 0.583. The fourth-order valence-corrected chi connectivity index (χ4v) is 4.90. The zero-order chi connectivity index (χ0) is 15.6. The molecule has 0 bridgehead atoms. The molecular formula is C12H17ClN4O3S2. The van der Waals surface area contributed by atoms with Gasteiger partial charge in [-0.25, -0.2) is 18.1 Å². The molecule has 10 heteroatoms. The summed E-state index contributed by atoms with van der Waals surface area (Å²) in [5.74, 6) is 0. The Labute approximate surface area is 137 Å². The van der Waals surface area contributed by atoms with Crippen LogP contribution in [0.25, 0.3) is 4.96 Å². The number of imidazole rings is 1. The third kappa shape index (κ3) is 3.44. The van der Waals surface area contributed by atoms with E-state index in [0.29, 0.717) is 11.5 Å². The minimum atomic E-state index is -3.67. The summed E-state index contributed by atoms with van der Waals surface area (Å²) in [6, 6.07) is 0. The lowest BCUT2D eigenvalue weighted by molar-refractivity contribution is 0.0376. The highest BCUT2D eigenvalue weighted by molar-refractivity contribution is 7.89. The van der Waals surface area contributed by atoms with Crippen molar-refractivity contribution in [3.8, 4) is 0 Å². The van der Waals surface area contributed by atoms with Gasteiger partial charge in [-0.1, -0.05) is 11.6 Å². The van der Waals surface area contributed by atoms with Gasteiger partial charge in [-0.05, 0) is 13.0 Å². The number of hydrogen-bond acceptors (Lipinski definition) is 6. The molecule has 1 N–H and O–H groups in total. The maximum Gasteiger partial charge on any atom is 0.259 e. The van der Waals surface area contributed by atoms with Crippen molar-refractivity contribution < 1.29 is 13.2 Å². The second-order valence-corrected chi connectivity index (χ2v) is 7.88. The molecule has 0 unspecified atom stereocenters. The Kier molecular flexibility index (Phi) is 5.00. The number of fused-ring (bicyclic) bond motifs is 1. The first-order chi connectivity index (χ1) is 10.6. The van der Waals surface area contributed by atoms with E-state index in [1.54, 1.807) is 11.6 Å². The van der Waals surface area contributed by atoms with Crippen LogP contribution in [0, 0.1) is 0 Å². The van der Waals surface area contributed by atoms with Gasteiger partial charge in [0.15, 0.2) is 15.1 Å². The number of hydrogen-bond donors (Lipinski definition) is 1. The highest BCUT2D eigenvalue weighted by Gasteiger charge is 2.24. The third-order valence-corrected chi connectivity index (χ3v) is 6.10. The molecule has 1 saturated heterocycles. The van der Waals surface area contributed by atoms with Crippen molar-refractivity contribution in [2.75, 3.05) is 39.4 Å². The summed E-state index contributed by atoms with van der Waals surface area (Å²) in [4.78, 5) is 6.88. The Hall–Kier alpha value is -0.710. The van der Waals surface area contributed by atoms with E-state index >= 15 is 0 Å². The van der Waals surface area contributed by atoms with Crippen molar-refractivity contribution >= 4 is 37.9 Å². The lowest BCUT2D eigenvalue weighted by atomic mass is 10.3. The van der Waals surface area contributed by atoms with Crippen LogP contribution in [0.15, 0.2) is 16.6 Å². The van der Waals surface area contributed by atoms with Crippen molar-refractivity contribution in [1.29, 1.82) is 0 Å². The molecule has 2 aromatic rings. The first-order valence-corrected chi connectivity index (χ1v) is 9.73. The summed E-state index contributed by atoms with van der Waals surface area (Å²) >= 11 is 7.30. The van der Waals surface area contributed by atoms with Crippen LogP contribution >= 0.6 is 22.9 Å². The molecule has 2 aromatic heterocycles. The topological polar surface area (TPSA) is 75.9 Å². The largest absolute Gasteiger partial charge is 0.379 e. The number of sulfonamides is 1. The number of thiazole rings is 1. The summed E-state index contributed by atoms with van der Waals surface area (Å²) in [6.07, 6.45) is 2.39. The summed E-state index contributed by atoms with van der Waals surface area (Å²) < 4.78 is 34.2. The number of ether oxygens (including phenoxy) is 1. The van der Waals surface area contributed by atoms with Crippen LogP contribution in [0.3, 0.4) is 0 Å². The molecule has 0 spiro atoms. The van der Waals surface area contributed by atoms with E-state index in [9.17, 15) is 8.42 Å². The second-order valence-electron chi connectivity index (χ2n) is 4.97. The van der Waals surface area contributed by atoms with E-state index in [0.717, 1.165) is 39.3 Å². The average molecular weight is 365 g/mol. The minimum Gasteiger partial charge on any atom is -0.379 e. The Balaban J connectivity index is 1.59. The van der Waals surface area contributed by atoms with Gasteiger partial charge in [-0.3, -0.25) is 9.30 Å². The molecule has 3 heterocycles. The van der Waals surface area contributed by atoms with E-state index < -0.39 is 10.0 Å². The van der Waals surface area contributed by atoms with Crippen molar-refractivity contribution in [1.82, 2.24) is 19.0 Å². The van der Waals surface area contributed by atoms with Gasteiger partial charge in [-0.15, -0.1) is 11.3 Å². The Bertz CT molecular complexity index is 737. The average Bonchev–Trinajstić information content (AvgIpc) is 3.04. The van der Waals surface area contributed by atoms with Gasteiger partial charge in [0.25, 0.3) is 10.0 Å². The molecule has 1 aliphatic rings. The molecule has 7 nitrogen and oxygen atoms in total.